The van der Waals surface area contributed by atoms with Crippen molar-refractivity contribution in [1.29, 1.82) is 0 Å². The van der Waals surface area contributed by atoms with Gasteiger partial charge in [0.1, 0.15) is 0 Å². The minimum absolute atomic E-state index is 0.0426. The molecule has 8 aromatic carbocycles. The van der Waals surface area contributed by atoms with Crippen molar-refractivity contribution in [3.8, 4) is 33.4 Å². The van der Waals surface area contributed by atoms with Gasteiger partial charge in [0.15, 0.2) is 0 Å². The van der Waals surface area contributed by atoms with Crippen molar-refractivity contribution in [1.82, 2.24) is 0 Å². The van der Waals surface area contributed by atoms with Gasteiger partial charge in [-0.1, -0.05) is 210 Å². The van der Waals surface area contributed by atoms with E-state index in [1.807, 2.05) is 0 Å². The van der Waals surface area contributed by atoms with Crippen LogP contribution in [0.2, 0.25) is 0 Å². The fourth-order valence-electron chi connectivity index (χ4n) is 10.2. The summed E-state index contributed by atoms with van der Waals surface area (Å²) < 4.78 is 0. The van der Waals surface area contributed by atoms with Gasteiger partial charge in [-0.3, -0.25) is 0 Å². The summed E-state index contributed by atoms with van der Waals surface area (Å²) in [6, 6.07) is 66.9. The van der Waals surface area contributed by atoms with E-state index in [1.54, 1.807) is 0 Å². The second kappa shape index (κ2) is 16.0. The van der Waals surface area contributed by atoms with E-state index in [4.69, 9.17) is 0 Å². The van der Waals surface area contributed by atoms with Gasteiger partial charge < -0.3 is 9.80 Å². The minimum atomic E-state index is -0.0443. The van der Waals surface area contributed by atoms with Crippen LogP contribution in [0.5, 0.6) is 0 Å². The molecule has 0 spiro atoms. The van der Waals surface area contributed by atoms with E-state index >= 15 is 0 Å². The molecule has 67 heavy (non-hydrogen) atoms. The first-order valence-corrected chi connectivity index (χ1v) is 24.3. The molecule has 2 aliphatic heterocycles. The van der Waals surface area contributed by atoms with Gasteiger partial charge in [-0.05, 0) is 142 Å². The minimum Gasteiger partial charge on any atom is -0.311 e. The Morgan fingerprint density at radius 2 is 0.582 bits per heavy atom. The Hall–Kier alpha value is -6.58. The van der Waals surface area contributed by atoms with E-state index in [0.29, 0.717) is 0 Å². The second-order valence-corrected chi connectivity index (χ2v) is 23.2. The lowest BCUT2D eigenvalue weighted by Crippen LogP contribution is -2.61. The first kappa shape index (κ1) is 44.3. The van der Waals surface area contributed by atoms with E-state index in [2.05, 4.69) is 269 Å². The predicted octanol–water partition coefficient (Wildman–Crippen LogP) is 16.0. The zero-order chi connectivity index (χ0) is 47.2. The Bertz CT molecular complexity index is 2940. The molecule has 3 heteroatoms. The van der Waals surface area contributed by atoms with Gasteiger partial charge in [0.05, 0.1) is 0 Å². The third kappa shape index (κ3) is 8.11. The maximum atomic E-state index is 2.60. The number of hydrogen-bond donors (Lipinski definition) is 0. The summed E-state index contributed by atoms with van der Waals surface area (Å²) >= 11 is 0. The average molecular weight is 873 g/mol. The molecular weight excluding hydrogens is 808 g/mol. The molecule has 10 rings (SSSR count). The second-order valence-electron chi connectivity index (χ2n) is 23.2. The highest BCUT2D eigenvalue weighted by Gasteiger charge is 2.44. The number of hydrogen-bond acceptors (Lipinski definition) is 2. The number of benzene rings is 8. The molecule has 0 fully saturated rings. The number of rotatable bonds is 5. The van der Waals surface area contributed by atoms with Gasteiger partial charge in [-0.25, -0.2) is 0 Å². The Morgan fingerprint density at radius 1 is 0.284 bits per heavy atom. The average Bonchev–Trinajstić information content (AvgIpc) is 3.30. The summed E-state index contributed by atoms with van der Waals surface area (Å²) in [5.41, 5.74) is 23.8. The molecule has 0 saturated heterocycles. The van der Waals surface area contributed by atoms with Gasteiger partial charge in [-0.2, -0.15) is 0 Å². The van der Waals surface area contributed by atoms with Crippen LogP contribution in [-0.2, 0) is 21.7 Å². The lowest BCUT2D eigenvalue weighted by atomic mass is 9.33. The summed E-state index contributed by atoms with van der Waals surface area (Å²) in [6.07, 6.45) is 0. The molecule has 8 aromatic rings. The Balaban J connectivity index is 1.24. The van der Waals surface area contributed by atoms with Gasteiger partial charge in [-0.15, -0.1) is 0 Å². The SMILES string of the molecule is CC(C)(C)c1cc(N2c3ccccc3B3c4ccccc4N(c4cc(C(C)(C)C)cc(C(C)(C)C)c4)c4cc(-c5ccc(-c6ccc(-c7ccccc7)cc6)cc5)cc2c43)cc(C(C)(C)C)c1. The van der Waals surface area contributed by atoms with Crippen molar-refractivity contribution in [2.45, 2.75) is 105 Å². The number of nitrogens with zero attached hydrogens (tertiary/aromatic N) is 2. The molecule has 0 saturated carbocycles. The van der Waals surface area contributed by atoms with Gasteiger partial charge in [0, 0.05) is 34.1 Å². The summed E-state index contributed by atoms with van der Waals surface area (Å²) in [6.45, 7) is 28.1. The summed E-state index contributed by atoms with van der Waals surface area (Å²) in [4.78, 5) is 5.19. The zero-order valence-corrected chi connectivity index (χ0v) is 41.7. The summed E-state index contributed by atoms with van der Waals surface area (Å²) in [5.74, 6) is 0. The highest BCUT2D eigenvalue weighted by atomic mass is 15.2. The van der Waals surface area contributed by atoms with Crippen LogP contribution in [0.4, 0.5) is 34.1 Å². The van der Waals surface area contributed by atoms with Crippen molar-refractivity contribution in [2.24, 2.45) is 0 Å². The molecule has 2 heterocycles. The lowest BCUT2D eigenvalue weighted by Gasteiger charge is -2.45. The number of fused-ring (bicyclic) bond motifs is 4. The third-order valence-corrected chi connectivity index (χ3v) is 14.2. The molecular formula is C64H65BN2. The molecule has 0 N–H and O–H groups in total. The zero-order valence-electron chi connectivity index (χ0n) is 41.7. The highest BCUT2D eigenvalue weighted by molar-refractivity contribution is 7.00. The molecule has 0 atom stereocenters. The summed E-state index contributed by atoms with van der Waals surface area (Å²) in [5, 5.41) is 0. The summed E-state index contributed by atoms with van der Waals surface area (Å²) in [7, 11) is 0. The largest absolute Gasteiger partial charge is 0.311 e. The Kier molecular flexibility index (Phi) is 10.6. The topological polar surface area (TPSA) is 6.48 Å². The predicted molar refractivity (Wildman–Crippen MR) is 292 cm³/mol. The van der Waals surface area contributed by atoms with Gasteiger partial charge >= 0.3 is 0 Å². The van der Waals surface area contributed by atoms with Crippen molar-refractivity contribution >= 4 is 57.2 Å². The van der Waals surface area contributed by atoms with Crippen molar-refractivity contribution in [2.75, 3.05) is 9.80 Å². The van der Waals surface area contributed by atoms with Crippen LogP contribution in [0.1, 0.15) is 105 Å². The monoisotopic (exact) mass is 873 g/mol. The number of anilines is 6. The van der Waals surface area contributed by atoms with Crippen molar-refractivity contribution in [3.05, 3.63) is 198 Å². The molecule has 0 aliphatic carbocycles. The fraction of sp³-hybridized carbons (Fsp3) is 0.250. The van der Waals surface area contributed by atoms with Crippen LogP contribution in [0.3, 0.4) is 0 Å². The Labute approximate surface area is 401 Å². The number of para-hydroxylation sites is 2. The van der Waals surface area contributed by atoms with E-state index < -0.39 is 0 Å². The molecule has 334 valence electrons. The highest BCUT2D eigenvalue weighted by Crippen LogP contribution is 2.48. The van der Waals surface area contributed by atoms with Crippen LogP contribution in [0.25, 0.3) is 33.4 Å². The van der Waals surface area contributed by atoms with E-state index in [0.717, 1.165) is 0 Å². The molecule has 0 aromatic heterocycles. The molecule has 0 bridgehead atoms. The lowest BCUT2D eigenvalue weighted by molar-refractivity contribution is 0.568. The van der Waals surface area contributed by atoms with E-state index in [9.17, 15) is 0 Å². The van der Waals surface area contributed by atoms with Crippen molar-refractivity contribution in [3.63, 3.8) is 0 Å². The smallest absolute Gasteiger partial charge is 0.252 e. The van der Waals surface area contributed by atoms with Crippen LogP contribution < -0.4 is 26.2 Å². The fourth-order valence-corrected chi connectivity index (χ4v) is 10.2. The molecule has 0 amide bonds. The molecule has 2 aliphatic rings. The molecule has 2 nitrogen and oxygen atoms in total. The normalized spacial score (nSPS) is 13.6. The van der Waals surface area contributed by atoms with Crippen molar-refractivity contribution < 1.29 is 0 Å². The Morgan fingerprint density at radius 3 is 0.925 bits per heavy atom. The van der Waals surface area contributed by atoms with Crippen LogP contribution in [-0.4, -0.2) is 6.71 Å². The van der Waals surface area contributed by atoms with Gasteiger partial charge in [0.25, 0.3) is 6.71 Å². The first-order valence-electron chi connectivity index (χ1n) is 24.3. The van der Waals surface area contributed by atoms with Crippen LogP contribution in [0, 0.1) is 0 Å². The molecule has 0 radical (unpaired) electrons. The maximum absolute atomic E-state index is 2.60. The quantitative estimate of drug-likeness (QED) is 0.159. The first-order chi connectivity index (χ1) is 31.7. The molecule has 0 unspecified atom stereocenters. The van der Waals surface area contributed by atoms with Gasteiger partial charge in [0.2, 0.25) is 0 Å². The maximum Gasteiger partial charge on any atom is 0.252 e. The third-order valence-electron chi connectivity index (χ3n) is 14.2. The standard InChI is InChI=1S/C64H65BN2/c1-61(2,3)48-36-49(62(4,5)6)39-52(38-48)66-56-24-18-16-22-54(56)65-55-23-17-19-25-57(55)67(53-40-50(63(7,8)9)37-51(41-53)64(10,11)12)59-35-47(34-58(66)60(59)65)46-32-30-45(31-33-46)44-28-26-43(27-29-44)42-20-14-13-15-21-42/h13-41H,1-12H3. The van der Waals surface area contributed by atoms with Crippen LogP contribution in [0.15, 0.2) is 176 Å². The van der Waals surface area contributed by atoms with Crippen LogP contribution >= 0.6 is 0 Å². The van der Waals surface area contributed by atoms with E-state index in [1.165, 1.54) is 106 Å². The van der Waals surface area contributed by atoms with E-state index in [-0.39, 0.29) is 28.4 Å².